The summed E-state index contributed by atoms with van der Waals surface area (Å²) in [6, 6.07) is 2.48. The predicted molar refractivity (Wildman–Crippen MR) is 95.7 cm³/mol. The van der Waals surface area contributed by atoms with Crippen LogP contribution in [0.2, 0.25) is 0 Å². The second kappa shape index (κ2) is 7.65. The smallest absolute Gasteiger partial charge is 0.357 e. The lowest BCUT2D eigenvalue weighted by atomic mass is 10.1. The second-order valence-electron chi connectivity index (χ2n) is 6.97. The van der Waals surface area contributed by atoms with E-state index in [4.69, 9.17) is 0 Å². The largest absolute Gasteiger partial charge is 0.416 e. The molecule has 1 heterocycles. The van der Waals surface area contributed by atoms with E-state index in [0.717, 1.165) is 12.1 Å². The Balaban J connectivity index is 2.30. The standard InChI is InChI=1S/C17H23F4N3O2S/c1-4-22-15(24-7-8-27(25,26)16(2,3)11-24)23-10-12-5-6-13(18)9-14(12)17(19,20)21/h5-6,9H,4,7-8,10-11H2,1-3H3,(H,22,23). The fourth-order valence-electron chi connectivity index (χ4n) is 2.86. The SMILES string of the molecule is CCNC(=NCc1ccc(F)cc1C(F)(F)F)N1CCS(=O)(=O)C(C)(C)C1. The first kappa shape index (κ1) is 21.5. The van der Waals surface area contributed by atoms with Gasteiger partial charge in [0.1, 0.15) is 5.82 Å². The number of nitrogens with zero attached hydrogens (tertiary/aromatic N) is 2. The van der Waals surface area contributed by atoms with Crippen LogP contribution in [0.15, 0.2) is 23.2 Å². The van der Waals surface area contributed by atoms with Crippen LogP contribution in [0.4, 0.5) is 17.6 Å². The summed E-state index contributed by atoms with van der Waals surface area (Å²) < 4.78 is 75.9. The van der Waals surface area contributed by atoms with Gasteiger partial charge in [0.05, 0.1) is 22.6 Å². The molecule has 1 fully saturated rings. The van der Waals surface area contributed by atoms with Crippen LogP contribution in [-0.2, 0) is 22.6 Å². The van der Waals surface area contributed by atoms with E-state index >= 15 is 0 Å². The normalized spacial score (nSPS) is 19.8. The number of sulfone groups is 1. The molecule has 0 aromatic heterocycles. The van der Waals surface area contributed by atoms with Crippen molar-refractivity contribution in [1.82, 2.24) is 10.2 Å². The summed E-state index contributed by atoms with van der Waals surface area (Å²) in [5.74, 6) is -0.697. The van der Waals surface area contributed by atoms with E-state index in [-0.39, 0.29) is 31.0 Å². The Morgan fingerprint density at radius 3 is 2.56 bits per heavy atom. The Bertz CT molecular complexity index is 820. The molecule has 1 aliphatic rings. The van der Waals surface area contributed by atoms with E-state index in [1.165, 1.54) is 0 Å². The highest BCUT2D eigenvalue weighted by Crippen LogP contribution is 2.33. The van der Waals surface area contributed by atoms with Gasteiger partial charge in [-0.05, 0) is 38.5 Å². The summed E-state index contributed by atoms with van der Waals surface area (Å²) in [6.45, 7) is 5.57. The Hall–Kier alpha value is -1.84. The van der Waals surface area contributed by atoms with E-state index in [0.29, 0.717) is 18.6 Å². The molecule has 0 radical (unpaired) electrons. The van der Waals surface area contributed by atoms with Gasteiger partial charge in [0.25, 0.3) is 0 Å². The topological polar surface area (TPSA) is 61.8 Å². The lowest BCUT2D eigenvalue weighted by Gasteiger charge is -2.39. The van der Waals surface area contributed by atoms with Crippen LogP contribution in [-0.4, -0.2) is 49.4 Å². The molecule has 2 rings (SSSR count). The van der Waals surface area contributed by atoms with Crippen LogP contribution in [0, 0.1) is 5.82 Å². The molecule has 1 saturated heterocycles. The highest BCUT2D eigenvalue weighted by Gasteiger charge is 2.41. The molecular weight excluding hydrogens is 386 g/mol. The van der Waals surface area contributed by atoms with Crippen LogP contribution in [0.5, 0.6) is 0 Å². The van der Waals surface area contributed by atoms with Gasteiger partial charge in [0.15, 0.2) is 15.8 Å². The number of halogens is 4. The Morgan fingerprint density at radius 1 is 1.33 bits per heavy atom. The molecule has 1 aromatic rings. The zero-order valence-electron chi connectivity index (χ0n) is 15.4. The molecular formula is C17H23F4N3O2S. The minimum atomic E-state index is -4.69. The molecule has 0 saturated carbocycles. The molecule has 0 spiro atoms. The number of benzene rings is 1. The van der Waals surface area contributed by atoms with Crippen LogP contribution in [0.25, 0.3) is 0 Å². The van der Waals surface area contributed by atoms with Crippen molar-refractivity contribution in [3.05, 3.63) is 35.1 Å². The van der Waals surface area contributed by atoms with Gasteiger partial charge in [-0.2, -0.15) is 13.2 Å². The van der Waals surface area contributed by atoms with Crippen molar-refractivity contribution in [3.8, 4) is 0 Å². The van der Waals surface area contributed by atoms with Crippen LogP contribution in [0.1, 0.15) is 31.9 Å². The van der Waals surface area contributed by atoms with E-state index < -0.39 is 32.1 Å². The van der Waals surface area contributed by atoms with Gasteiger partial charge in [-0.3, -0.25) is 0 Å². The highest BCUT2D eigenvalue weighted by atomic mass is 32.2. The minimum Gasteiger partial charge on any atom is -0.357 e. The molecule has 1 aliphatic heterocycles. The summed E-state index contributed by atoms with van der Waals surface area (Å²) in [5.41, 5.74) is -1.22. The number of hydrogen-bond acceptors (Lipinski definition) is 3. The maximum absolute atomic E-state index is 13.2. The fraction of sp³-hybridized carbons (Fsp3) is 0.588. The Morgan fingerprint density at radius 2 is 2.00 bits per heavy atom. The van der Waals surface area contributed by atoms with Crippen molar-refractivity contribution in [1.29, 1.82) is 0 Å². The number of rotatable bonds is 3. The third-order valence-corrected chi connectivity index (χ3v) is 6.99. The van der Waals surface area contributed by atoms with Crippen molar-refractivity contribution in [2.45, 2.75) is 38.2 Å². The third-order valence-electron chi connectivity index (χ3n) is 4.45. The monoisotopic (exact) mass is 409 g/mol. The van der Waals surface area contributed by atoms with Gasteiger partial charge in [0.2, 0.25) is 0 Å². The lowest BCUT2D eigenvalue weighted by Crippen LogP contribution is -2.57. The molecule has 5 nitrogen and oxygen atoms in total. The van der Waals surface area contributed by atoms with Gasteiger partial charge in [-0.15, -0.1) is 0 Å². The maximum Gasteiger partial charge on any atom is 0.416 e. The summed E-state index contributed by atoms with van der Waals surface area (Å²) in [7, 11) is -3.26. The van der Waals surface area contributed by atoms with Gasteiger partial charge < -0.3 is 10.2 Å². The van der Waals surface area contributed by atoms with E-state index in [9.17, 15) is 26.0 Å². The first-order chi connectivity index (χ1) is 12.4. The fourth-order valence-corrected chi connectivity index (χ4v) is 4.23. The highest BCUT2D eigenvalue weighted by molar-refractivity contribution is 7.92. The number of guanidine groups is 1. The molecule has 0 amide bonds. The van der Waals surface area contributed by atoms with Gasteiger partial charge in [-0.1, -0.05) is 6.07 Å². The molecule has 0 atom stereocenters. The van der Waals surface area contributed by atoms with Crippen molar-refractivity contribution in [2.24, 2.45) is 4.99 Å². The van der Waals surface area contributed by atoms with Crippen molar-refractivity contribution in [2.75, 3.05) is 25.4 Å². The van der Waals surface area contributed by atoms with Crippen LogP contribution >= 0.6 is 0 Å². The predicted octanol–water partition coefficient (Wildman–Crippen LogP) is 2.82. The zero-order valence-corrected chi connectivity index (χ0v) is 16.2. The second-order valence-corrected chi connectivity index (χ2v) is 9.71. The Labute approximate surface area is 156 Å². The molecule has 0 aliphatic carbocycles. The zero-order chi connectivity index (χ0) is 20.5. The first-order valence-corrected chi connectivity index (χ1v) is 10.1. The summed E-state index contributed by atoms with van der Waals surface area (Å²) in [5, 5.41) is 2.98. The van der Waals surface area contributed by atoms with Crippen molar-refractivity contribution >= 4 is 15.8 Å². The molecule has 152 valence electrons. The van der Waals surface area contributed by atoms with E-state index in [1.807, 2.05) is 0 Å². The summed E-state index contributed by atoms with van der Waals surface area (Å²) in [4.78, 5) is 5.96. The molecule has 10 heteroatoms. The molecule has 0 unspecified atom stereocenters. The molecule has 27 heavy (non-hydrogen) atoms. The van der Waals surface area contributed by atoms with Crippen LogP contribution in [0.3, 0.4) is 0 Å². The van der Waals surface area contributed by atoms with Crippen LogP contribution < -0.4 is 5.32 Å². The minimum absolute atomic E-state index is 0.0608. The van der Waals surface area contributed by atoms with Gasteiger partial charge >= 0.3 is 6.18 Å². The Kier molecular flexibility index (Phi) is 6.08. The quantitative estimate of drug-likeness (QED) is 0.474. The van der Waals surface area contributed by atoms with Gasteiger partial charge in [-0.25, -0.2) is 17.8 Å². The van der Waals surface area contributed by atoms with E-state index in [1.54, 1.807) is 25.7 Å². The molecule has 1 N–H and O–H groups in total. The van der Waals surface area contributed by atoms with Gasteiger partial charge in [0, 0.05) is 19.6 Å². The maximum atomic E-state index is 13.2. The average molecular weight is 409 g/mol. The average Bonchev–Trinajstić information content (AvgIpc) is 2.54. The first-order valence-electron chi connectivity index (χ1n) is 8.48. The summed E-state index contributed by atoms with van der Waals surface area (Å²) in [6.07, 6.45) is -4.69. The number of nitrogens with one attached hydrogen (secondary N) is 1. The number of aliphatic imine (C=N–C) groups is 1. The number of alkyl halides is 3. The van der Waals surface area contributed by atoms with Crippen molar-refractivity contribution < 1.29 is 26.0 Å². The lowest BCUT2D eigenvalue weighted by molar-refractivity contribution is -0.138. The van der Waals surface area contributed by atoms with Crippen molar-refractivity contribution in [3.63, 3.8) is 0 Å². The summed E-state index contributed by atoms with van der Waals surface area (Å²) >= 11 is 0. The van der Waals surface area contributed by atoms with E-state index in [2.05, 4.69) is 10.3 Å². The molecule has 0 bridgehead atoms. The third kappa shape index (κ3) is 4.91. The number of hydrogen-bond donors (Lipinski definition) is 1. The molecule has 1 aromatic carbocycles.